The largest absolute Gasteiger partial charge is 0.371 e. The van der Waals surface area contributed by atoms with Gasteiger partial charge < -0.3 is 10.2 Å². The average molecular weight is 218 g/mol. The van der Waals surface area contributed by atoms with Gasteiger partial charge >= 0.3 is 0 Å². The van der Waals surface area contributed by atoms with Crippen molar-refractivity contribution in [3.8, 4) is 0 Å². The van der Waals surface area contributed by atoms with Crippen LogP contribution in [0.25, 0.3) is 0 Å². The van der Waals surface area contributed by atoms with E-state index in [2.05, 4.69) is 41.4 Å². The van der Waals surface area contributed by atoms with Crippen LogP contribution in [-0.4, -0.2) is 26.7 Å². The van der Waals surface area contributed by atoms with Crippen LogP contribution < -0.4 is 10.2 Å². The van der Waals surface area contributed by atoms with Crippen LogP contribution in [0.2, 0.25) is 0 Å². The molecule has 1 atom stereocenters. The SMILES string of the molecule is CCc1cccc(N2CCC(CNC)C2)c1. The molecule has 1 aromatic carbocycles. The van der Waals surface area contributed by atoms with Crippen molar-refractivity contribution in [3.05, 3.63) is 29.8 Å². The van der Waals surface area contributed by atoms with E-state index in [0.717, 1.165) is 18.9 Å². The van der Waals surface area contributed by atoms with Gasteiger partial charge in [0.2, 0.25) is 0 Å². The second-order valence-electron chi connectivity index (χ2n) is 4.68. The van der Waals surface area contributed by atoms with E-state index in [4.69, 9.17) is 0 Å². The summed E-state index contributed by atoms with van der Waals surface area (Å²) in [7, 11) is 2.04. The number of anilines is 1. The van der Waals surface area contributed by atoms with Crippen LogP contribution in [0.1, 0.15) is 18.9 Å². The van der Waals surface area contributed by atoms with E-state index < -0.39 is 0 Å². The van der Waals surface area contributed by atoms with Crippen molar-refractivity contribution in [2.75, 3.05) is 31.6 Å². The fourth-order valence-electron chi connectivity index (χ4n) is 2.50. The van der Waals surface area contributed by atoms with E-state index in [9.17, 15) is 0 Å². The minimum Gasteiger partial charge on any atom is -0.371 e. The van der Waals surface area contributed by atoms with Gasteiger partial charge in [-0.2, -0.15) is 0 Å². The molecule has 88 valence electrons. The van der Waals surface area contributed by atoms with Gasteiger partial charge in [0.15, 0.2) is 0 Å². The summed E-state index contributed by atoms with van der Waals surface area (Å²) in [5.74, 6) is 0.815. The van der Waals surface area contributed by atoms with E-state index in [0.29, 0.717) is 0 Å². The predicted molar refractivity (Wildman–Crippen MR) is 70.1 cm³/mol. The second kappa shape index (κ2) is 5.35. The smallest absolute Gasteiger partial charge is 0.0369 e. The van der Waals surface area contributed by atoms with Gasteiger partial charge in [-0.05, 0) is 50.0 Å². The van der Waals surface area contributed by atoms with Crippen LogP contribution in [0.4, 0.5) is 5.69 Å². The van der Waals surface area contributed by atoms with Gasteiger partial charge in [-0.3, -0.25) is 0 Å². The van der Waals surface area contributed by atoms with Crippen LogP contribution in [0.5, 0.6) is 0 Å². The van der Waals surface area contributed by atoms with E-state index in [-0.39, 0.29) is 0 Å². The topological polar surface area (TPSA) is 15.3 Å². The molecular formula is C14H22N2. The fourth-order valence-corrected chi connectivity index (χ4v) is 2.50. The summed E-state index contributed by atoms with van der Waals surface area (Å²) in [6, 6.07) is 8.97. The molecule has 1 N–H and O–H groups in total. The molecule has 0 spiro atoms. The highest BCUT2D eigenvalue weighted by molar-refractivity contribution is 5.49. The van der Waals surface area contributed by atoms with Crippen LogP contribution in [-0.2, 0) is 6.42 Å². The zero-order chi connectivity index (χ0) is 11.4. The summed E-state index contributed by atoms with van der Waals surface area (Å²) in [5.41, 5.74) is 2.84. The molecule has 0 amide bonds. The maximum atomic E-state index is 3.28. The molecule has 0 radical (unpaired) electrons. The molecule has 2 rings (SSSR count). The highest BCUT2D eigenvalue weighted by Gasteiger charge is 2.21. The second-order valence-corrected chi connectivity index (χ2v) is 4.68. The first kappa shape index (κ1) is 11.5. The summed E-state index contributed by atoms with van der Waals surface area (Å²) in [6.45, 7) is 5.77. The molecule has 1 aliphatic rings. The quantitative estimate of drug-likeness (QED) is 0.834. The summed E-state index contributed by atoms with van der Waals surface area (Å²) >= 11 is 0. The Morgan fingerprint density at radius 3 is 3.06 bits per heavy atom. The van der Waals surface area contributed by atoms with Gasteiger partial charge in [-0.25, -0.2) is 0 Å². The van der Waals surface area contributed by atoms with Gasteiger partial charge in [-0.1, -0.05) is 19.1 Å². The number of nitrogens with one attached hydrogen (secondary N) is 1. The number of rotatable bonds is 4. The van der Waals surface area contributed by atoms with Gasteiger partial charge in [0.25, 0.3) is 0 Å². The first-order valence-electron chi connectivity index (χ1n) is 6.32. The third-order valence-corrected chi connectivity index (χ3v) is 3.46. The average Bonchev–Trinajstić information content (AvgIpc) is 2.78. The lowest BCUT2D eigenvalue weighted by molar-refractivity contribution is 0.549. The summed E-state index contributed by atoms with van der Waals surface area (Å²) < 4.78 is 0. The van der Waals surface area contributed by atoms with E-state index in [1.807, 2.05) is 7.05 Å². The monoisotopic (exact) mass is 218 g/mol. The third kappa shape index (κ3) is 2.56. The lowest BCUT2D eigenvalue weighted by Crippen LogP contribution is -2.24. The zero-order valence-electron chi connectivity index (χ0n) is 10.4. The van der Waals surface area contributed by atoms with Crippen LogP contribution >= 0.6 is 0 Å². The van der Waals surface area contributed by atoms with Crippen molar-refractivity contribution < 1.29 is 0 Å². The van der Waals surface area contributed by atoms with Crippen LogP contribution in [0, 0.1) is 5.92 Å². The minimum absolute atomic E-state index is 0.815. The van der Waals surface area contributed by atoms with Crippen molar-refractivity contribution in [3.63, 3.8) is 0 Å². The minimum atomic E-state index is 0.815. The Hall–Kier alpha value is -1.02. The predicted octanol–water partition coefficient (Wildman–Crippen LogP) is 2.29. The van der Waals surface area contributed by atoms with E-state index in [1.54, 1.807) is 0 Å². The molecule has 1 saturated heterocycles. The Bertz CT molecular complexity index is 335. The zero-order valence-corrected chi connectivity index (χ0v) is 10.4. The molecule has 0 aromatic heterocycles. The molecule has 1 unspecified atom stereocenters. The Morgan fingerprint density at radius 1 is 1.44 bits per heavy atom. The number of hydrogen-bond donors (Lipinski definition) is 1. The lowest BCUT2D eigenvalue weighted by Gasteiger charge is -2.19. The molecule has 1 fully saturated rings. The first-order chi connectivity index (χ1) is 7.83. The van der Waals surface area contributed by atoms with Gasteiger partial charge in [0, 0.05) is 18.8 Å². The molecule has 0 bridgehead atoms. The summed E-state index contributed by atoms with van der Waals surface area (Å²) in [6.07, 6.45) is 2.44. The Morgan fingerprint density at radius 2 is 2.31 bits per heavy atom. The third-order valence-electron chi connectivity index (χ3n) is 3.46. The van der Waals surface area contributed by atoms with Gasteiger partial charge in [0.1, 0.15) is 0 Å². The maximum absolute atomic E-state index is 3.28. The van der Waals surface area contributed by atoms with E-state index in [1.165, 1.54) is 30.8 Å². The molecule has 1 aliphatic heterocycles. The van der Waals surface area contributed by atoms with Crippen LogP contribution in [0.3, 0.4) is 0 Å². The fraction of sp³-hybridized carbons (Fsp3) is 0.571. The van der Waals surface area contributed by atoms with Crippen molar-refractivity contribution in [1.29, 1.82) is 0 Å². The molecule has 1 aromatic rings. The number of hydrogen-bond acceptors (Lipinski definition) is 2. The highest BCUT2D eigenvalue weighted by Crippen LogP contribution is 2.24. The first-order valence-corrected chi connectivity index (χ1v) is 6.32. The molecule has 2 heteroatoms. The standard InChI is InChI=1S/C14H22N2/c1-3-12-5-4-6-14(9-12)16-8-7-13(11-16)10-15-2/h4-6,9,13,15H,3,7-8,10-11H2,1-2H3. The number of nitrogens with zero attached hydrogens (tertiary/aromatic N) is 1. The van der Waals surface area contributed by atoms with Crippen molar-refractivity contribution in [2.24, 2.45) is 5.92 Å². The molecule has 16 heavy (non-hydrogen) atoms. The lowest BCUT2D eigenvalue weighted by atomic mass is 10.1. The Labute approximate surface area is 98.7 Å². The van der Waals surface area contributed by atoms with Gasteiger partial charge in [0.05, 0.1) is 0 Å². The Balaban J connectivity index is 2.02. The van der Waals surface area contributed by atoms with Crippen LogP contribution in [0.15, 0.2) is 24.3 Å². The van der Waals surface area contributed by atoms with Gasteiger partial charge in [-0.15, -0.1) is 0 Å². The Kier molecular flexibility index (Phi) is 3.83. The molecule has 1 heterocycles. The van der Waals surface area contributed by atoms with E-state index >= 15 is 0 Å². The summed E-state index contributed by atoms with van der Waals surface area (Å²) in [5, 5.41) is 3.28. The normalized spacial score (nSPS) is 20.4. The highest BCUT2D eigenvalue weighted by atomic mass is 15.2. The summed E-state index contributed by atoms with van der Waals surface area (Å²) in [4.78, 5) is 2.52. The van der Waals surface area contributed by atoms with Crippen molar-refractivity contribution in [1.82, 2.24) is 5.32 Å². The molecule has 2 nitrogen and oxygen atoms in total. The molecular weight excluding hydrogens is 196 g/mol. The number of benzene rings is 1. The molecule has 0 saturated carbocycles. The number of aryl methyl sites for hydroxylation is 1. The molecule has 0 aliphatic carbocycles. The van der Waals surface area contributed by atoms with Crippen molar-refractivity contribution in [2.45, 2.75) is 19.8 Å². The maximum Gasteiger partial charge on any atom is 0.0369 e. The van der Waals surface area contributed by atoms with Crippen molar-refractivity contribution >= 4 is 5.69 Å².